The molecule has 0 saturated carbocycles. The van der Waals surface area contributed by atoms with Gasteiger partial charge in [0, 0.05) is 24.5 Å². The minimum atomic E-state index is -0.693. The second-order valence-electron chi connectivity index (χ2n) is 8.69. The van der Waals surface area contributed by atoms with Crippen LogP contribution in [0.25, 0.3) is 0 Å². The van der Waals surface area contributed by atoms with Crippen molar-refractivity contribution in [2.24, 2.45) is 0 Å². The van der Waals surface area contributed by atoms with E-state index in [1.807, 2.05) is 28.9 Å². The number of nitrogens with zero attached hydrogens (tertiary/aromatic N) is 2. The van der Waals surface area contributed by atoms with Gasteiger partial charge in [0.2, 0.25) is 5.91 Å². The van der Waals surface area contributed by atoms with Gasteiger partial charge in [0.05, 0.1) is 31.9 Å². The largest absolute Gasteiger partial charge is 0.491 e. The average molecular weight is 485 g/mol. The van der Waals surface area contributed by atoms with E-state index in [4.69, 9.17) is 9.47 Å². The number of rotatable bonds is 13. The van der Waals surface area contributed by atoms with Crippen molar-refractivity contribution in [2.75, 3.05) is 46.0 Å². The highest BCUT2D eigenvalue weighted by molar-refractivity contribution is 7.10. The molecule has 0 radical (unpaired) electrons. The fourth-order valence-corrected chi connectivity index (χ4v) is 5.24. The van der Waals surface area contributed by atoms with Gasteiger partial charge in [-0.25, -0.2) is 0 Å². The Balaban J connectivity index is 1.69. The van der Waals surface area contributed by atoms with Crippen molar-refractivity contribution in [1.82, 2.24) is 9.80 Å². The van der Waals surface area contributed by atoms with Crippen molar-refractivity contribution in [3.63, 3.8) is 0 Å². The van der Waals surface area contributed by atoms with Gasteiger partial charge in [0.1, 0.15) is 12.4 Å². The summed E-state index contributed by atoms with van der Waals surface area (Å²) in [6.07, 6.45) is 3.55. The van der Waals surface area contributed by atoms with Crippen molar-refractivity contribution >= 4 is 17.2 Å². The molecule has 1 aliphatic rings. The average Bonchev–Trinajstić information content (AvgIpc) is 3.28. The Hall–Kier alpha value is -2.45. The highest BCUT2D eigenvalue weighted by Crippen LogP contribution is 2.34. The van der Waals surface area contributed by atoms with Crippen LogP contribution >= 0.6 is 11.3 Å². The molecule has 1 N–H and O–H groups in total. The predicted octanol–water partition coefficient (Wildman–Crippen LogP) is 3.92. The molecular formula is C27H36N2O4S. The molecule has 0 bridgehead atoms. The van der Waals surface area contributed by atoms with E-state index in [-0.39, 0.29) is 25.1 Å². The van der Waals surface area contributed by atoms with E-state index in [9.17, 15) is 9.90 Å². The fraction of sp³-hybridized carbons (Fsp3) is 0.444. The van der Waals surface area contributed by atoms with Gasteiger partial charge in [0.15, 0.2) is 0 Å². The fourth-order valence-electron chi connectivity index (χ4n) is 4.31. The normalized spacial score (nSPS) is 16.2. The molecule has 0 saturated heterocycles. The van der Waals surface area contributed by atoms with Crippen LogP contribution in [-0.4, -0.2) is 72.9 Å². The van der Waals surface area contributed by atoms with Crippen molar-refractivity contribution in [3.05, 3.63) is 76.5 Å². The van der Waals surface area contributed by atoms with Crippen molar-refractivity contribution in [2.45, 2.75) is 32.4 Å². The van der Waals surface area contributed by atoms with E-state index in [1.165, 1.54) is 16.0 Å². The Morgan fingerprint density at radius 1 is 1.32 bits per heavy atom. The van der Waals surface area contributed by atoms with Crippen molar-refractivity contribution in [1.29, 1.82) is 0 Å². The maximum atomic E-state index is 13.5. The first-order valence-electron chi connectivity index (χ1n) is 11.7. The van der Waals surface area contributed by atoms with Crippen LogP contribution in [0, 0.1) is 13.8 Å². The third-order valence-corrected chi connectivity index (χ3v) is 6.90. The molecule has 2 heterocycles. The van der Waals surface area contributed by atoms with Gasteiger partial charge >= 0.3 is 0 Å². The Kier molecular flexibility index (Phi) is 9.89. The van der Waals surface area contributed by atoms with E-state index in [2.05, 4.69) is 37.6 Å². The molecule has 1 aliphatic heterocycles. The predicted molar refractivity (Wildman–Crippen MR) is 138 cm³/mol. The number of ether oxygens (including phenoxy) is 2. The standard InChI is InChI=1S/C27H36N2O4S/c1-5-11-28(16-22(30)18-32-13-6-2)17-27(31)29-12-9-26-23(10-14-34-26)24(29)19-33-25-8-7-20(3)15-21(25)4/h5-8,10,14-15,22,24,30H,1-2,9,11-13,16-19H2,3-4H3/t22-,24-/m1/s1. The number of aliphatic hydroxyl groups is 1. The van der Waals surface area contributed by atoms with Crippen LogP contribution in [0.15, 0.2) is 55.0 Å². The number of fused-ring (bicyclic) bond motifs is 1. The molecule has 2 atom stereocenters. The number of aliphatic hydroxyl groups excluding tert-OH is 1. The molecule has 1 aromatic heterocycles. The minimum absolute atomic E-state index is 0.0205. The lowest BCUT2D eigenvalue weighted by Crippen LogP contribution is -2.48. The molecular weight excluding hydrogens is 448 g/mol. The lowest BCUT2D eigenvalue weighted by molar-refractivity contribution is -0.136. The molecule has 34 heavy (non-hydrogen) atoms. The molecule has 0 spiro atoms. The maximum absolute atomic E-state index is 13.5. The van der Waals surface area contributed by atoms with Crippen LogP contribution in [0.2, 0.25) is 0 Å². The second-order valence-corrected chi connectivity index (χ2v) is 9.70. The number of amides is 1. The minimum Gasteiger partial charge on any atom is -0.491 e. The monoisotopic (exact) mass is 484 g/mol. The third-order valence-electron chi connectivity index (χ3n) is 5.90. The molecule has 184 valence electrons. The van der Waals surface area contributed by atoms with Gasteiger partial charge in [-0.1, -0.05) is 29.8 Å². The zero-order chi connectivity index (χ0) is 24.5. The summed E-state index contributed by atoms with van der Waals surface area (Å²) >= 11 is 1.74. The summed E-state index contributed by atoms with van der Waals surface area (Å²) in [7, 11) is 0. The van der Waals surface area contributed by atoms with Gasteiger partial charge < -0.3 is 19.5 Å². The van der Waals surface area contributed by atoms with Gasteiger partial charge in [-0.3, -0.25) is 9.69 Å². The highest BCUT2D eigenvalue weighted by atomic mass is 32.1. The molecule has 6 nitrogen and oxygen atoms in total. The first-order chi connectivity index (χ1) is 16.4. The van der Waals surface area contributed by atoms with Gasteiger partial charge in [0.25, 0.3) is 0 Å². The van der Waals surface area contributed by atoms with Gasteiger partial charge in [-0.05, 0) is 48.9 Å². The zero-order valence-corrected chi connectivity index (χ0v) is 21.1. The Labute approximate surface area is 207 Å². The number of thiophene rings is 1. The van der Waals surface area contributed by atoms with E-state index in [0.29, 0.717) is 32.8 Å². The number of benzene rings is 1. The topological polar surface area (TPSA) is 62.2 Å². The van der Waals surface area contributed by atoms with Crippen LogP contribution in [0.5, 0.6) is 5.75 Å². The van der Waals surface area contributed by atoms with Crippen LogP contribution in [0.1, 0.15) is 27.6 Å². The number of hydrogen-bond donors (Lipinski definition) is 1. The number of carbonyl (C=O) groups excluding carboxylic acids is 1. The van der Waals surface area contributed by atoms with Crippen LogP contribution in [0.3, 0.4) is 0 Å². The van der Waals surface area contributed by atoms with E-state index >= 15 is 0 Å². The molecule has 0 aliphatic carbocycles. The third kappa shape index (κ3) is 7.03. The Morgan fingerprint density at radius 3 is 2.88 bits per heavy atom. The molecule has 1 aromatic carbocycles. The van der Waals surface area contributed by atoms with Crippen LogP contribution in [0.4, 0.5) is 0 Å². The molecule has 2 aromatic rings. The maximum Gasteiger partial charge on any atom is 0.237 e. The first-order valence-corrected chi connectivity index (χ1v) is 12.6. The second kappa shape index (κ2) is 12.9. The molecule has 3 rings (SSSR count). The molecule has 0 unspecified atom stereocenters. The van der Waals surface area contributed by atoms with E-state index < -0.39 is 6.10 Å². The summed E-state index contributed by atoms with van der Waals surface area (Å²) in [4.78, 5) is 18.6. The number of hydrogen-bond acceptors (Lipinski definition) is 6. The SMILES string of the molecule is C=CCOC[C@H](O)CN(CC=C)CC(=O)N1CCc2sccc2[C@H]1COc1ccc(C)cc1C. The summed E-state index contributed by atoms with van der Waals surface area (Å²) in [6.45, 7) is 14.2. The van der Waals surface area contributed by atoms with Gasteiger partial charge in [-0.15, -0.1) is 24.5 Å². The molecule has 1 amide bonds. The lowest BCUT2D eigenvalue weighted by Gasteiger charge is -2.37. The van der Waals surface area contributed by atoms with Crippen molar-refractivity contribution in [3.8, 4) is 5.75 Å². The van der Waals surface area contributed by atoms with Crippen LogP contribution in [-0.2, 0) is 16.0 Å². The Bertz CT molecular complexity index is 973. The lowest BCUT2D eigenvalue weighted by atomic mass is 10.00. The van der Waals surface area contributed by atoms with Crippen LogP contribution < -0.4 is 4.74 Å². The summed E-state index contributed by atoms with van der Waals surface area (Å²) in [5.74, 6) is 0.864. The molecule has 0 fully saturated rings. The van der Waals surface area contributed by atoms with E-state index in [0.717, 1.165) is 17.7 Å². The molecule has 7 heteroatoms. The Morgan fingerprint density at radius 2 is 2.15 bits per heavy atom. The first kappa shape index (κ1) is 26.2. The van der Waals surface area contributed by atoms with Crippen molar-refractivity contribution < 1.29 is 19.4 Å². The van der Waals surface area contributed by atoms with Gasteiger partial charge in [-0.2, -0.15) is 0 Å². The summed E-state index contributed by atoms with van der Waals surface area (Å²) in [6, 6.07) is 8.11. The summed E-state index contributed by atoms with van der Waals surface area (Å²) < 4.78 is 11.6. The summed E-state index contributed by atoms with van der Waals surface area (Å²) in [5.41, 5.74) is 3.45. The van der Waals surface area contributed by atoms with E-state index in [1.54, 1.807) is 23.5 Å². The summed E-state index contributed by atoms with van der Waals surface area (Å²) in [5, 5.41) is 12.4. The smallest absolute Gasteiger partial charge is 0.237 e. The highest BCUT2D eigenvalue weighted by Gasteiger charge is 2.33. The number of aryl methyl sites for hydroxylation is 2. The zero-order valence-electron chi connectivity index (χ0n) is 20.2. The number of carbonyl (C=O) groups is 1. The quantitative estimate of drug-likeness (QED) is 0.345.